The number of ether oxygens (including phenoxy) is 1. The van der Waals surface area contributed by atoms with E-state index in [9.17, 15) is 19.5 Å². The number of rotatable bonds is 8. The number of carbonyl (C=O) groups is 3. The number of imide groups is 1. The van der Waals surface area contributed by atoms with E-state index in [1.54, 1.807) is 24.4 Å². The van der Waals surface area contributed by atoms with Gasteiger partial charge in [0, 0.05) is 81.5 Å². The summed E-state index contributed by atoms with van der Waals surface area (Å²) < 4.78 is 24.5. The number of nitrogens with one attached hydrogen (secondary N) is 1. The van der Waals surface area contributed by atoms with E-state index >= 15 is 4.39 Å². The first-order valence-electron chi connectivity index (χ1n) is 22.0. The van der Waals surface area contributed by atoms with E-state index in [4.69, 9.17) is 10.5 Å². The van der Waals surface area contributed by atoms with Crippen LogP contribution < -0.4 is 20.9 Å². The maximum Gasteiger partial charge on any atom is 0.328 e. The van der Waals surface area contributed by atoms with E-state index in [0.29, 0.717) is 79.0 Å². The van der Waals surface area contributed by atoms with E-state index < -0.39 is 12.2 Å². The average Bonchev–Trinajstić information content (AvgIpc) is 3.59. The first-order chi connectivity index (χ1) is 30.3. The number of pyridine rings is 1. The topological polar surface area (TPSA) is 175 Å². The fourth-order valence-electron chi connectivity index (χ4n) is 9.98. The lowest BCUT2D eigenvalue weighted by molar-refractivity contribution is -0.120. The van der Waals surface area contributed by atoms with Crippen molar-refractivity contribution in [3.8, 4) is 17.0 Å². The van der Waals surface area contributed by atoms with Crippen molar-refractivity contribution in [2.45, 2.75) is 77.8 Å². The quantitative estimate of drug-likeness (QED) is 0.161. The Balaban J connectivity index is 0.800. The van der Waals surface area contributed by atoms with Gasteiger partial charge in [-0.05, 0) is 105 Å². The molecule has 2 aromatic carbocycles. The highest BCUT2D eigenvalue weighted by atomic mass is 19.1. The Labute approximate surface area is 366 Å². The van der Waals surface area contributed by atoms with Gasteiger partial charge in [0.15, 0.2) is 5.82 Å². The van der Waals surface area contributed by atoms with Gasteiger partial charge >= 0.3 is 6.03 Å². The van der Waals surface area contributed by atoms with E-state index in [1.807, 2.05) is 67.6 Å². The number of fused-ring (bicyclic) bond motifs is 1. The third-order valence-electron chi connectivity index (χ3n) is 13.4. The number of para-hydroxylation sites is 1. The molecule has 4 fully saturated rings. The number of piperidine rings is 2. The number of likely N-dealkylation sites (tertiary alicyclic amines) is 2. The van der Waals surface area contributed by atoms with Crippen LogP contribution in [0.3, 0.4) is 0 Å². The van der Waals surface area contributed by atoms with Crippen LogP contribution in [0, 0.1) is 26.7 Å². The van der Waals surface area contributed by atoms with Crippen LogP contribution in [0.25, 0.3) is 22.3 Å². The van der Waals surface area contributed by atoms with E-state index in [0.717, 1.165) is 59.3 Å². The largest absolute Gasteiger partial charge is 0.507 e. The molecule has 7 heterocycles. The number of benzene rings is 2. The molecule has 0 saturated carbocycles. The molecule has 4 aliphatic heterocycles. The zero-order valence-electron chi connectivity index (χ0n) is 36.3. The summed E-state index contributed by atoms with van der Waals surface area (Å²) in [4.78, 5) is 50.7. The average molecular weight is 859 g/mol. The van der Waals surface area contributed by atoms with Crippen LogP contribution in [-0.2, 0) is 9.53 Å². The number of nitrogens with two attached hydrogens (primary N) is 1. The fraction of sp³-hybridized carbons (Fsp3) is 0.447. The molecular formula is C47H55FN10O5. The number of hydrogen-bond acceptors (Lipinski definition) is 11. The Bertz CT molecular complexity index is 2580. The zero-order valence-corrected chi connectivity index (χ0v) is 36.3. The van der Waals surface area contributed by atoms with Gasteiger partial charge in [-0.2, -0.15) is 0 Å². The van der Waals surface area contributed by atoms with Crippen LogP contribution in [0.1, 0.15) is 77.4 Å². The number of urea groups is 1. The summed E-state index contributed by atoms with van der Waals surface area (Å²) >= 11 is 0. The summed E-state index contributed by atoms with van der Waals surface area (Å²) in [6.07, 6.45) is 4.71. The summed E-state index contributed by atoms with van der Waals surface area (Å²) in [6, 6.07) is 14.0. The second-order valence-electron chi connectivity index (χ2n) is 17.8. The number of phenolic OH excluding ortho intramolecular Hbond substituents is 1. The highest BCUT2D eigenvalue weighted by Crippen LogP contribution is 2.37. The third-order valence-corrected chi connectivity index (χ3v) is 13.4. The molecule has 5 aromatic rings. The number of aromatic hydroxyl groups is 1. The number of morpholine rings is 1. The van der Waals surface area contributed by atoms with Crippen LogP contribution in [0.5, 0.6) is 5.75 Å². The van der Waals surface area contributed by atoms with Gasteiger partial charge in [-0.1, -0.05) is 18.2 Å². The number of aromatic nitrogens is 4. The van der Waals surface area contributed by atoms with Gasteiger partial charge < -0.3 is 34.8 Å². The van der Waals surface area contributed by atoms with Crippen molar-refractivity contribution in [3.05, 3.63) is 88.7 Å². The van der Waals surface area contributed by atoms with Crippen molar-refractivity contribution in [2.75, 3.05) is 67.9 Å². The van der Waals surface area contributed by atoms with Gasteiger partial charge in [-0.3, -0.25) is 19.8 Å². The maximum atomic E-state index is 16.1. The van der Waals surface area contributed by atoms with Crippen molar-refractivity contribution in [3.63, 3.8) is 0 Å². The summed E-state index contributed by atoms with van der Waals surface area (Å²) in [5, 5.41) is 22.2. The smallest absolute Gasteiger partial charge is 0.328 e. The summed E-state index contributed by atoms with van der Waals surface area (Å²) in [5.41, 5.74) is 14.0. The Morgan fingerprint density at radius 3 is 2.51 bits per heavy atom. The summed E-state index contributed by atoms with van der Waals surface area (Å²) in [7, 11) is 0. The second-order valence-corrected chi connectivity index (χ2v) is 17.8. The Morgan fingerprint density at radius 1 is 0.952 bits per heavy atom. The molecule has 3 aromatic heterocycles. The first kappa shape index (κ1) is 42.2. The molecule has 4 aliphatic rings. The van der Waals surface area contributed by atoms with Crippen LogP contribution in [0.15, 0.2) is 60.9 Å². The Kier molecular flexibility index (Phi) is 11.5. The lowest BCUT2D eigenvalue weighted by Crippen LogP contribution is -2.49. The van der Waals surface area contributed by atoms with E-state index in [2.05, 4.69) is 36.4 Å². The number of anilines is 3. The number of aryl methyl sites for hydroxylation is 3. The lowest BCUT2D eigenvalue weighted by atomic mass is 9.92. The van der Waals surface area contributed by atoms with Gasteiger partial charge in [-0.25, -0.2) is 14.2 Å². The fourth-order valence-corrected chi connectivity index (χ4v) is 9.98. The number of nitrogens with zero attached hydrogens (tertiary/aromatic N) is 8. The van der Waals surface area contributed by atoms with Crippen molar-refractivity contribution in [2.24, 2.45) is 5.92 Å². The molecular weight excluding hydrogens is 804 g/mol. The molecule has 63 heavy (non-hydrogen) atoms. The van der Waals surface area contributed by atoms with Crippen LogP contribution in [-0.4, -0.2) is 117 Å². The number of carbonyl (C=O) groups excluding carboxylic acids is 3. The Morgan fingerprint density at radius 2 is 1.75 bits per heavy atom. The minimum Gasteiger partial charge on any atom is -0.507 e. The van der Waals surface area contributed by atoms with Crippen molar-refractivity contribution >= 4 is 46.1 Å². The molecule has 0 radical (unpaired) electrons. The van der Waals surface area contributed by atoms with Crippen LogP contribution in [0.4, 0.5) is 26.4 Å². The highest BCUT2D eigenvalue weighted by molar-refractivity contribution is 6.06. The second kappa shape index (κ2) is 17.2. The first-order valence-corrected chi connectivity index (χ1v) is 22.0. The zero-order chi connectivity index (χ0) is 44.1. The van der Waals surface area contributed by atoms with Crippen molar-refractivity contribution < 1.29 is 28.6 Å². The number of halogens is 1. The van der Waals surface area contributed by atoms with Crippen molar-refractivity contribution in [1.82, 2.24) is 34.9 Å². The molecule has 0 unspecified atom stereocenters. The molecule has 0 aliphatic carbocycles. The predicted octanol–water partition coefficient (Wildman–Crippen LogP) is 6.26. The van der Waals surface area contributed by atoms with E-state index in [-0.39, 0.29) is 48.8 Å². The van der Waals surface area contributed by atoms with Crippen LogP contribution >= 0.6 is 0 Å². The highest BCUT2D eigenvalue weighted by Gasteiger charge is 2.35. The number of amides is 4. The lowest BCUT2D eigenvalue weighted by Gasteiger charge is -2.40. The monoisotopic (exact) mass is 858 g/mol. The van der Waals surface area contributed by atoms with Gasteiger partial charge in [0.2, 0.25) is 5.91 Å². The predicted molar refractivity (Wildman–Crippen MR) is 239 cm³/mol. The maximum absolute atomic E-state index is 16.1. The number of nitrogen functional groups attached to an aromatic ring is 1. The summed E-state index contributed by atoms with van der Waals surface area (Å²) in [5.74, 6) is 0.526. The molecule has 4 saturated heterocycles. The molecule has 0 bridgehead atoms. The SMILES string of the molecule is Cc1cc([C@@H]2CN(c3cc(-c4ccccc4O)nnc3N)C[C@H](C)O2)c(C)cc1C(=O)N1CCC(CN2CC[C@H](n3cc(C)c4cc(N5CCC(=O)NC5=O)cnc43)[C@H](F)C2)CC1. The van der Waals surface area contributed by atoms with Gasteiger partial charge in [0.25, 0.3) is 5.91 Å². The third kappa shape index (κ3) is 8.41. The van der Waals surface area contributed by atoms with Gasteiger partial charge in [0.05, 0.1) is 35.4 Å². The molecule has 4 atom stereocenters. The van der Waals surface area contributed by atoms with Gasteiger partial charge in [0.1, 0.15) is 23.7 Å². The molecule has 0 spiro atoms. The number of hydrogen-bond donors (Lipinski definition) is 3. The minimum atomic E-state index is -1.08. The number of alkyl halides is 1. The molecule has 4 N–H and O–H groups in total. The molecule has 16 heteroatoms. The van der Waals surface area contributed by atoms with E-state index in [1.165, 1.54) is 4.90 Å². The number of phenols is 1. The molecule has 330 valence electrons. The molecule has 9 rings (SSSR count). The van der Waals surface area contributed by atoms with Crippen LogP contribution in [0.2, 0.25) is 0 Å². The van der Waals surface area contributed by atoms with Crippen molar-refractivity contribution in [1.29, 1.82) is 0 Å². The molecule has 4 amide bonds. The minimum absolute atomic E-state index is 0.0291. The standard InChI is InChI=1S/C47H55FN10O5/c1-27-18-36(28(2)17-34(27)42-26-56(23-30(4)63-42)40-20-38(52-53-44(40)49)33-7-5-6-8-41(33)59)46(61)55-14-9-31(10-15-55)24-54-13-11-39(37(48)25-54)58-22-29(3)35-19-32(21-50-45(35)58)57-16-12-43(60)51-47(57)62/h5-8,17-22,30-31,37,39,42,59H,9-16,23-26H2,1-4H3,(H2,49,53)(H,51,60,62)/t30-,37+,39-,42-/m0/s1. The van der Waals surface area contributed by atoms with Gasteiger partial charge in [-0.15, -0.1) is 10.2 Å². The molecule has 15 nitrogen and oxygen atoms in total. The summed E-state index contributed by atoms with van der Waals surface area (Å²) in [6.45, 7) is 12.6. The normalized spacial score (nSPS) is 22.8. The Hall–Kier alpha value is -6.13.